The number of nitrogens with one attached hydrogen (secondary N) is 1. The van der Waals surface area contributed by atoms with Gasteiger partial charge in [0.25, 0.3) is 0 Å². The number of carbonyl (C=O) groups is 1. The fraction of sp³-hybridized carbons (Fsp3) is 0.417. The van der Waals surface area contributed by atoms with Gasteiger partial charge >= 0.3 is 6.18 Å². The summed E-state index contributed by atoms with van der Waals surface area (Å²) in [5.41, 5.74) is -0.484. The monoisotopic (exact) mass is 261 g/mol. The van der Waals surface area contributed by atoms with Gasteiger partial charge in [0, 0.05) is 6.54 Å². The molecular formula is C12H14F3NO2. The van der Waals surface area contributed by atoms with Crippen LogP contribution in [0.2, 0.25) is 0 Å². The van der Waals surface area contributed by atoms with Gasteiger partial charge in [-0.05, 0) is 18.6 Å². The van der Waals surface area contributed by atoms with Crippen LogP contribution in [0.1, 0.15) is 24.0 Å². The molecule has 0 aromatic heterocycles. The summed E-state index contributed by atoms with van der Waals surface area (Å²) in [6.07, 6.45) is -4.42. The van der Waals surface area contributed by atoms with Crippen LogP contribution in [-0.2, 0) is 11.0 Å². The first-order valence-electron chi connectivity index (χ1n) is 5.42. The van der Waals surface area contributed by atoms with Gasteiger partial charge in [-0.3, -0.25) is 4.79 Å². The van der Waals surface area contributed by atoms with Crippen molar-refractivity contribution in [2.45, 2.75) is 19.0 Å². The standard InChI is InChI=1S/C12H14F3NO2/c1-8(11(18)16-5-6-17)9-3-2-4-10(7-9)12(13,14)15/h2-4,7-8,17H,5-6H2,1H3,(H,16,18). The number of aliphatic hydroxyl groups excluding tert-OH is 1. The molecule has 0 aliphatic rings. The lowest BCUT2D eigenvalue weighted by Gasteiger charge is -2.14. The van der Waals surface area contributed by atoms with Crippen LogP contribution >= 0.6 is 0 Å². The van der Waals surface area contributed by atoms with Crippen LogP contribution in [0.3, 0.4) is 0 Å². The Morgan fingerprint density at radius 2 is 2.11 bits per heavy atom. The fourth-order valence-electron chi connectivity index (χ4n) is 1.47. The van der Waals surface area contributed by atoms with Crippen molar-refractivity contribution in [2.24, 2.45) is 0 Å². The van der Waals surface area contributed by atoms with Crippen molar-refractivity contribution in [2.75, 3.05) is 13.2 Å². The highest BCUT2D eigenvalue weighted by molar-refractivity contribution is 5.83. The summed E-state index contributed by atoms with van der Waals surface area (Å²) in [5, 5.41) is 11.0. The maximum atomic E-state index is 12.5. The fourth-order valence-corrected chi connectivity index (χ4v) is 1.47. The van der Waals surface area contributed by atoms with Crippen molar-refractivity contribution in [3.8, 4) is 0 Å². The number of hydrogen-bond acceptors (Lipinski definition) is 2. The topological polar surface area (TPSA) is 49.3 Å². The van der Waals surface area contributed by atoms with E-state index in [0.717, 1.165) is 12.1 Å². The molecule has 0 aliphatic carbocycles. The Hall–Kier alpha value is -1.56. The van der Waals surface area contributed by atoms with E-state index in [-0.39, 0.29) is 13.2 Å². The predicted molar refractivity (Wildman–Crippen MR) is 60.0 cm³/mol. The van der Waals surface area contributed by atoms with Crippen LogP contribution in [0, 0.1) is 0 Å². The molecule has 3 nitrogen and oxygen atoms in total. The van der Waals surface area contributed by atoms with Crippen molar-refractivity contribution in [3.05, 3.63) is 35.4 Å². The van der Waals surface area contributed by atoms with Crippen LogP contribution in [0.5, 0.6) is 0 Å². The average Bonchev–Trinajstić information content (AvgIpc) is 2.34. The molecule has 1 rings (SSSR count). The van der Waals surface area contributed by atoms with Gasteiger partial charge in [-0.2, -0.15) is 13.2 Å². The summed E-state index contributed by atoms with van der Waals surface area (Å²) in [6, 6.07) is 4.66. The van der Waals surface area contributed by atoms with Crippen LogP contribution in [0.4, 0.5) is 13.2 Å². The second-order valence-electron chi connectivity index (χ2n) is 3.86. The van der Waals surface area contributed by atoms with Gasteiger partial charge in [0.2, 0.25) is 5.91 Å². The number of carbonyl (C=O) groups excluding carboxylic acids is 1. The summed E-state index contributed by atoms with van der Waals surface area (Å²) in [5.74, 6) is -1.11. The molecule has 0 spiro atoms. The minimum Gasteiger partial charge on any atom is -0.395 e. The van der Waals surface area contributed by atoms with E-state index in [9.17, 15) is 18.0 Å². The number of benzene rings is 1. The second-order valence-corrected chi connectivity index (χ2v) is 3.86. The Morgan fingerprint density at radius 3 is 2.67 bits per heavy atom. The Bertz CT molecular complexity index is 418. The van der Waals surface area contributed by atoms with Gasteiger partial charge < -0.3 is 10.4 Å². The lowest BCUT2D eigenvalue weighted by atomic mass is 9.98. The minimum absolute atomic E-state index is 0.0855. The zero-order valence-electron chi connectivity index (χ0n) is 9.79. The van der Waals surface area contributed by atoms with Crippen LogP contribution in [0.15, 0.2) is 24.3 Å². The van der Waals surface area contributed by atoms with Crippen molar-refractivity contribution in [1.29, 1.82) is 0 Å². The van der Waals surface area contributed by atoms with E-state index in [1.807, 2.05) is 0 Å². The molecule has 6 heteroatoms. The van der Waals surface area contributed by atoms with Crippen LogP contribution in [-0.4, -0.2) is 24.2 Å². The third-order valence-electron chi connectivity index (χ3n) is 2.52. The second kappa shape index (κ2) is 5.86. The molecule has 18 heavy (non-hydrogen) atoms. The molecule has 0 saturated carbocycles. The first-order valence-corrected chi connectivity index (χ1v) is 5.42. The largest absolute Gasteiger partial charge is 0.416 e. The summed E-state index contributed by atoms with van der Waals surface area (Å²) >= 11 is 0. The molecule has 0 radical (unpaired) electrons. The number of halogens is 3. The zero-order valence-corrected chi connectivity index (χ0v) is 9.79. The number of rotatable bonds is 4. The normalized spacial score (nSPS) is 13.2. The number of amides is 1. The molecule has 1 amide bonds. The third kappa shape index (κ3) is 3.73. The smallest absolute Gasteiger partial charge is 0.395 e. The van der Waals surface area contributed by atoms with Gasteiger partial charge in [0.15, 0.2) is 0 Å². The lowest BCUT2D eigenvalue weighted by Crippen LogP contribution is -2.30. The van der Waals surface area contributed by atoms with Gasteiger partial charge in [-0.15, -0.1) is 0 Å². The highest BCUT2D eigenvalue weighted by Gasteiger charge is 2.31. The average molecular weight is 261 g/mol. The highest BCUT2D eigenvalue weighted by atomic mass is 19.4. The van der Waals surface area contributed by atoms with E-state index in [1.165, 1.54) is 19.1 Å². The van der Waals surface area contributed by atoms with Crippen molar-refractivity contribution >= 4 is 5.91 Å². The molecule has 1 aromatic carbocycles. The van der Waals surface area contributed by atoms with Crippen molar-refractivity contribution in [3.63, 3.8) is 0 Å². The predicted octanol–water partition coefficient (Wildman–Crippen LogP) is 1.92. The van der Waals surface area contributed by atoms with Gasteiger partial charge in [0.05, 0.1) is 18.1 Å². The van der Waals surface area contributed by atoms with Gasteiger partial charge in [-0.1, -0.05) is 18.2 Å². The van der Waals surface area contributed by atoms with Crippen LogP contribution < -0.4 is 5.32 Å². The lowest BCUT2D eigenvalue weighted by molar-refractivity contribution is -0.137. The van der Waals surface area contributed by atoms with E-state index >= 15 is 0 Å². The summed E-state index contributed by atoms with van der Waals surface area (Å²) in [6.45, 7) is 1.39. The summed E-state index contributed by atoms with van der Waals surface area (Å²) < 4.78 is 37.5. The third-order valence-corrected chi connectivity index (χ3v) is 2.52. The number of hydrogen-bond donors (Lipinski definition) is 2. The molecule has 100 valence electrons. The summed E-state index contributed by atoms with van der Waals surface area (Å²) in [7, 11) is 0. The molecule has 1 aromatic rings. The molecule has 2 N–H and O–H groups in total. The first-order chi connectivity index (χ1) is 8.36. The summed E-state index contributed by atoms with van der Waals surface area (Å²) in [4.78, 5) is 11.6. The Morgan fingerprint density at radius 1 is 1.44 bits per heavy atom. The number of aliphatic hydroxyl groups is 1. The van der Waals surface area contributed by atoms with E-state index in [4.69, 9.17) is 5.11 Å². The molecule has 0 heterocycles. The van der Waals surface area contributed by atoms with E-state index in [0.29, 0.717) is 5.56 Å². The molecule has 1 unspecified atom stereocenters. The maximum absolute atomic E-state index is 12.5. The molecule has 0 saturated heterocycles. The van der Waals surface area contributed by atoms with Crippen molar-refractivity contribution in [1.82, 2.24) is 5.32 Å². The van der Waals surface area contributed by atoms with E-state index < -0.39 is 23.6 Å². The quantitative estimate of drug-likeness (QED) is 0.870. The zero-order chi connectivity index (χ0) is 13.8. The van der Waals surface area contributed by atoms with Gasteiger partial charge in [0.1, 0.15) is 0 Å². The minimum atomic E-state index is -4.42. The molecule has 0 bridgehead atoms. The van der Waals surface area contributed by atoms with Crippen molar-refractivity contribution < 1.29 is 23.1 Å². The Kier molecular flexibility index (Phi) is 4.72. The highest BCUT2D eigenvalue weighted by Crippen LogP contribution is 2.31. The SMILES string of the molecule is CC(C(=O)NCCO)c1cccc(C(F)(F)F)c1. The Labute approximate surface area is 103 Å². The Balaban J connectivity index is 2.86. The maximum Gasteiger partial charge on any atom is 0.416 e. The molecule has 0 aliphatic heterocycles. The van der Waals surface area contributed by atoms with Gasteiger partial charge in [-0.25, -0.2) is 0 Å². The van der Waals surface area contributed by atoms with E-state index in [2.05, 4.69) is 5.32 Å². The number of alkyl halides is 3. The van der Waals surface area contributed by atoms with Crippen LogP contribution in [0.25, 0.3) is 0 Å². The molecule has 0 fully saturated rings. The molecular weight excluding hydrogens is 247 g/mol. The first kappa shape index (κ1) is 14.5. The molecule has 1 atom stereocenters. The van der Waals surface area contributed by atoms with E-state index in [1.54, 1.807) is 0 Å².